The van der Waals surface area contributed by atoms with Gasteiger partial charge in [0.25, 0.3) is 0 Å². The van der Waals surface area contributed by atoms with Gasteiger partial charge in [-0.05, 0) is 24.8 Å². The molecule has 5 nitrogen and oxygen atoms in total. The second-order valence-electron chi connectivity index (χ2n) is 6.79. The van der Waals surface area contributed by atoms with Crippen LogP contribution in [0.15, 0.2) is 30.3 Å². The summed E-state index contributed by atoms with van der Waals surface area (Å²) in [5, 5.41) is 2.79. The molecule has 0 unspecified atom stereocenters. The van der Waals surface area contributed by atoms with Crippen molar-refractivity contribution in [3.8, 4) is 0 Å². The van der Waals surface area contributed by atoms with E-state index in [2.05, 4.69) is 34.5 Å². The summed E-state index contributed by atoms with van der Waals surface area (Å²) in [4.78, 5) is 27.7. The summed E-state index contributed by atoms with van der Waals surface area (Å²) in [6.45, 7) is 6.91. The lowest BCUT2D eigenvalue weighted by Gasteiger charge is -2.22. The molecule has 1 aliphatic rings. The highest BCUT2D eigenvalue weighted by molar-refractivity contribution is 5.76. The van der Waals surface area contributed by atoms with Gasteiger partial charge >= 0.3 is 0 Å². The first-order valence-corrected chi connectivity index (χ1v) is 9.43. The Labute approximate surface area is 151 Å². The van der Waals surface area contributed by atoms with Crippen LogP contribution in [-0.4, -0.2) is 54.3 Å². The van der Waals surface area contributed by atoms with Gasteiger partial charge in [0.1, 0.15) is 0 Å². The Balaban J connectivity index is 1.64. The molecule has 0 spiro atoms. The number of nitrogens with zero attached hydrogens (tertiary/aromatic N) is 2. The Hall–Kier alpha value is -1.88. The predicted molar refractivity (Wildman–Crippen MR) is 100 cm³/mol. The van der Waals surface area contributed by atoms with E-state index in [0.29, 0.717) is 13.0 Å². The number of hydrogen-bond donors (Lipinski definition) is 1. The Morgan fingerprint density at radius 2 is 1.80 bits per heavy atom. The smallest absolute Gasteiger partial charge is 0.222 e. The normalized spacial score (nSPS) is 15.6. The van der Waals surface area contributed by atoms with Gasteiger partial charge in [-0.2, -0.15) is 0 Å². The number of nitrogens with one attached hydrogen (secondary N) is 1. The van der Waals surface area contributed by atoms with Crippen LogP contribution in [-0.2, 0) is 16.1 Å². The van der Waals surface area contributed by atoms with Crippen LogP contribution in [0.4, 0.5) is 0 Å². The molecule has 25 heavy (non-hydrogen) atoms. The number of rotatable bonds is 8. The lowest BCUT2D eigenvalue weighted by molar-refractivity contribution is -0.131. The molecular formula is C20H31N3O2. The van der Waals surface area contributed by atoms with Crippen molar-refractivity contribution in [1.29, 1.82) is 0 Å². The second-order valence-corrected chi connectivity index (χ2v) is 6.79. The SMILES string of the molecule is CC(=O)NCCCCCC(=O)N1CCCN(Cc2ccccc2)CC1. The average Bonchev–Trinajstić information content (AvgIpc) is 2.84. The van der Waals surface area contributed by atoms with Gasteiger partial charge in [-0.25, -0.2) is 0 Å². The lowest BCUT2D eigenvalue weighted by Crippen LogP contribution is -2.35. The van der Waals surface area contributed by atoms with Crippen molar-refractivity contribution in [2.24, 2.45) is 0 Å². The minimum Gasteiger partial charge on any atom is -0.356 e. The minimum atomic E-state index is 0.0145. The average molecular weight is 345 g/mol. The zero-order valence-electron chi connectivity index (χ0n) is 15.4. The summed E-state index contributed by atoms with van der Waals surface area (Å²) >= 11 is 0. The minimum absolute atomic E-state index is 0.0145. The molecule has 1 aromatic carbocycles. The summed E-state index contributed by atoms with van der Waals surface area (Å²) in [7, 11) is 0. The maximum absolute atomic E-state index is 12.4. The van der Waals surface area contributed by atoms with Gasteiger partial charge < -0.3 is 10.2 Å². The van der Waals surface area contributed by atoms with Crippen molar-refractivity contribution in [3.63, 3.8) is 0 Å². The fraction of sp³-hybridized carbons (Fsp3) is 0.600. The molecule has 1 aromatic rings. The van der Waals surface area contributed by atoms with Crippen LogP contribution in [0.1, 0.15) is 44.6 Å². The fourth-order valence-corrected chi connectivity index (χ4v) is 3.22. The van der Waals surface area contributed by atoms with Gasteiger partial charge in [-0.1, -0.05) is 36.8 Å². The van der Waals surface area contributed by atoms with Gasteiger partial charge in [-0.15, -0.1) is 0 Å². The number of unbranched alkanes of at least 4 members (excludes halogenated alkanes) is 2. The highest BCUT2D eigenvalue weighted by Gasteiger charge is 2.18. The van der Waals surface area contributed by atoms with Crippen LogP contribution < -0.4 is 5.32 Å². The van der Waals surface area contributed by atoms with Crippen molar-refractivity contribution in [3.05, 3.63) is 35.9 Å². The van der Waals surface area contributed by atoms with Crippen LogP contribution in [0.3, 0.4) is 0 Å². The Kier molecular flexibility index (Phi) is 8.46. The molecule has 0 aromatic heterocycles. The largest absolute Gasteiger partial charge is 0.356 e. The van der Waals surface area contributed by atoms with Crippen molar-refractivity contribution >= 4 is 11.8 Å². The van der Waals surface area contributed by atoms with E-state index in [9.17, 15) is 9.59 Å². The van der Waals surface area contributed by atoms with E-state index in [4.69, 9.17) is 0 Å². The molecule has 0 radical (unpaired) electrons. The zero-order chi connectivity index (χ0) is 17.9. The summed E-state index contributed by atoms with van der Waals surface area (Å²) < 4.78 is 0. The number of carbonyl (C=O) groups is 2. The summed E-state index contributed by atoms with van der Waals surface area (Å²) in [6.07, 6.45) is 4.50. The highest BCUT2D eigenvalue weighted by Crippen LogP contribution is 2.11. The Morgan fingerprint density at radius 3 is 2.56 bits per heavy atom. The molecule has 1 fully saturated rings. The van der Waals surface area contributed by atoms with Gasteiger partial charge in [0.15, 0.2) is 0 Å². The van der Waals surface area contributed by atoms with Crippen molar-refractivity contribution in [2.45, 2.75) is 45.6 Å². The van der Waals surface area contributed by atoms with Crippen molar-refractivity contribution in [2.75, 3.05) is 32.7 Å². The molecule has 0 saturated carbocycles. The van der Waals surface area contributed by atoms with Crippen molar-refractivity contribution in [1.82, 2.24) is 15.1 Å². The first kappa shape index (κ1) is 19.4. The third kappa shape index (κ3) is 7.69. The fourth-order valence-electron chi connectivity index (χ4n) is 3.22. The molecule has 1 saturated heterocycles. The van der Waals surface area contributed by atoms with E-state index in [1.54, 1.807) is 0 Å². The van der Waals surface area contributed by atoms with E-state index >= 15 is 0 Å². The lowest BCUT2D eigenvalue weighted by atomic mass is 10.1. The van der Waals surface area contributed by atoms with Crippen LogP contribution in [0.25, 0.3) is 0 Å². The quantitative estimate of drug-likeness (QED) is 0.736. The van der Waals surface area contributed by atoms with E-state index < -0.39 is 0 Å². The monoisotopic (exact) mass is 345 g/mol. The van der Waals surface area contributed by atoms with Crippen molar-refractivity contribution < 1.29 is 9.59 Å². The van der Waals surface area contributed by atoms with Gasteiger partial charge in [-0.3, -0.25) is 14.5 Å². The highest BCUT2D eigenvalue weighted by atomic mass is 16.2. The maximum atomic E-state index is 12.4. The van der Waals surface area contributed by atoms with Crippen LogP contribution in [0, 0.1) is 0 Å². The molecule has 0 bridgehead atoms. The number of hydrogen-bond acceptors (Lipinski definition) is 3. The van der Waals surface area contributed by atoms with Crippen LogP contribution >= 0.6 is 0 Å². The first-order chi connectivity index (χ1) is 12.1. The zero-order valence-corrected chi connectivity index (χ0v) is 15.4. The molecule has 2 rings (SSSR count). The van der Waals surface area contributed by atoms with E-state index in [1.165, 1.54) is 12.5 Å². The van der Waals surface area contributed by atoms with E-state index in [1.807, 2.05) is 11.0 Å². The van der Waals surface area contributed by atoms with Crippen LogP contribution in [0.5, 0.6) is 0 Å². The third-order valence-electron chi connectivity index (χ3n) is 4.63. The molecule has 0 atom stereocenters. The Morgan fingerprint density at radius 1 is 1.00 bits per heavy atom. The maximum Gasteiger partial charge on any atom is 0.222 e. The Bertz CT molecular complexity index is 533. The molecule has 138 valence electrons. The van der Waals surface area contributed by atoms with Gasteiger partial charge in [0, 0.05) is 52.6 Å². The molecule has 5 heteroatoms. The van der Waals surface area contributed by atoms with Gasteiger partial charge in [0.2, 0.25) is 11.8 Å². The topological polar surface area (TPSA) is 52.7 Å². The predicted octanol–water partition coefficient (Wildman–Crippen LogP) is 2.42. The summed E-state index contributed by atoms with van der Waals surface area (Å²) in [5.41, 5.74) is 1.33. The molecule has 1 aliphatic heterocycles. The molecule has 1 N–H and O–H groups in total. The van der Waals surface area contributed by atoms with E-state index in [-0.39, 0.29) is 11.8 Å². The number of benzene rings is 1. The second kappa shape index (κ2) is 10.9. The standard InChI is InChI=1S/C20H31N3O2/c1-18(24)21-12-7-3-6-11-20(25)23-14-8-13-22(15-16-23)17-19-9-4-2-5-10-19/h2,4-5,9-10H,3,6-8,11-17H2,1H3,(H,21,24). The number of carbonyl (C=O) groups excluding carboxylic acids is 2. The summed E-state index contributed by atoms with van der Waals surface area (Å²) in [6, 6.07) is 10.5. The number of amides is 2. The first-order valence-electron chi connectivity index (χ1n) is 9.43. The molecule has 0 aliphatic carbocycles. The molecular weight excluding hydrogens is 314 g/mol. The summed E-state index contributed by atoms with van der Waals surface area (Å²) in [5.74, 6) is 0.293. The van der Waals surface area contributed by atoms with Crippen LogP contribution in [0.2, 0.25) is 0 Å². The third-order valence-corrected chi connectivity index (χ3v) is 4.63. The van der Waals surface area contributed by atoms with Gasteiger partial charge in [0.05, 0.1) is 0 Å². The molecule has 1 heterocycles. The van der Waals surface area contributed by atoms with E-state index in [0.717, 1.165) is 58.4 Å². The molecule has 2 amide bonds.